The Bertz CT molecular complexity index is 1120. The van der Waals surface area contributed by atoms with Crippen LogP contribution in [0.15, 0.2) is 83.3 Å². The molecule has 1 aromatic heterocycles. The number of alkyl halides is 1. The molecule has 6 heteroatoms. The lowest BCUT2D eigenvalue weighted by molar-refractivity contribution is 0.0744. The number of nitrogens with zero attached hydrogens (tertiary/aromatic N) is 4. The highest BCUT2D eigenvalue weighted by Gasteiger charge is 2.31. The first kappa shape index (κ1) is 19.5. The number of carbonyl (C=O) groups is 1. The van der Waals surface area contributed by atoms with E-state index in [2.05, 4.69) is 15.0 Å². The smallest absolute Gasteiger partial charge is 0.274 e. The predicted octanol–water partition coefficient (Wildman–Crippen LogP) is 4.56. The topological polar surface area (TPSA) is 58.5 Å². The SMILES string of the molecule is O=C(c1nccnc1-c1ccccc1)N(CCC1=CN=C2C1=CC=CC2F)CC1CC1. The Labute approximate surface area is 180 Å². The van der Waals surface area contributed by atoms with E-state index in [0.717, 1.165) is 29.6 Å². The molecular weight excluding hydrogens is 391 g/mol. The van der Waals surface area contributed by atoms with Crippen molar-refractivity contribution >= 4 is 11.6 Å². The van der Waals surface area contributed by atoms with Gasteiger partial charge in [-0.05, 0) is 36.8 Å². The maximum atomic E-state index is 14.1. The average molecular weight is 414 g/mol. The molecule has 0 radical (unpaired) electrons. The Balaban J connectivity index is 1.36. The molecule has 0 saturated heterocycles. The van der Waals surface area contributed by atoms with Crippen LogP contribution in [0.3, 0.4) is 0 Å². The van der Waals surface area contributed by atoms with Crippen LogP contribution >= 0.6 is 0 Å². The summed E-state index contributed by atoms with van der Waals surface area (Å²) in [5.74, 6) is 0.427. The van der Waals surface area contributed by atoms with Crippen LogP contribution < -0.4 is 0 Å². The minimum Gasteiger partial charge on any atom is -0.337 e. The number of aliphatic imine (C=N–C) groups is 1. The zero-order valence-corrected chi connectivity index (χ0v) is 17.1. The summed E-state index contributed by atoms with van der Waals surface area (Å²) in [5.41, 5.74) is 4.12. The largest absolute Gasteiger partial charge is 0.337 e. The van der Waals surface area contributed by atoms with Gasteiger partial charge in [-0.2, -0.15) is 0 Å². The van der Waals surface area contributed by atoms with Crippen molar-refractivity contribution in [2.24, 2.45) is 10.9 Å². The molecule has 1 saturated carbocycles. The molecule has 0 bridgehead atoms. The van der Waals surface area contributed by atoms with E-state index in [1.165, 1.54) is 6.08 Å². The second-order valence-electron chi connectivity index (χ2n) is 8.10. The summed E-state index contributed by atoms with van der Waals surface area (Å²) in [6, 6.07) is 9.66. The van der Waals surface area contributed by atoms with Crippen LogP contribution in [0.5, 0.6) is 0 Å². The van der Waals surface area contributed by atoms with Crippen LogP contribution in [0, 0.1) is 5.92 Å². The van der Waals surface area contributed by atoms with E-state index in [0.29, 0.717) is 42.5 Å². The Morgan fingerprint density at radius 2 is 1.94 bits per heavy atom. The Morgan fingerprint density at radius 3 is 2.74 bits per heavy atom. The fourth-order valence-corrected chi connectivity index (χ4v) is 4.00. The monoisotopic (exact) mass is 414 g/mol. The predicted molar refractivity (Wildman–Crippen MR) is 118 cm³/mol. The molecule has 2 heterocycles. The first-order valence-corrected chi connectivity index (χ1v) is 10.7. The quantitative estimate of drug-likeness (QED) is 0.667. The van der Waals surface area contributed by atoms with E-state index in [9.17, 15) is 9.18 Å². The Hall–Kier alpha value is -3.41. The number of hydrogen-bond acceptors (Lipinski definition) is 4. The minimum atomic E-state index is -1.16. The van der Waals surface area contributed by atoms with Crippen molar-refractivity contribution in [1.82, 2.24) is 14.9 Å². The van der Waals surface area contributed by atoms with Gasteiger partial charge in [-0.3, -0.25) is 14.8 Å². The van der Waals surface area contributed by atoms with E-state index < -0.39 is 6.17 Å². The van der Waals surface area contributed by atoms with E-state index in [1.807, 2.05) is 41.3 Å². The molecule has 3 aliphatic rings. The summed E-state index contributed by atoms with van der Waals surface area (Å²) in [5, 5.41) is 0. The molecule has 0 N–H and O–H groups in total. The molecule has 5 nitrogen and oxygen atoms in total. The third-order valence-electron chi connectivity index (χ3n) is 5.85. The van der Waals surface area contributed by atoms with Crippen LogP contribution in [0.4, 0.5) is 4.39 Å². The summed E-state index contributed by atoms with van der Waals surface area (Å²) in [7, 11) is 0. The van der Waals surface area contributed by atoms with Crippen LogP contribution in [0.2, 0.25) is 0 Å². The molecule has 2 aliphatic carbocycles. The van der Waals surface area contributed by atoms with E-state index >= 15 is 0 Å². The van der Waals surface area contributed by atoms with Crippen molar-refractivity contribution in [2.75, 3.05) is 13.1 Å². The molecule has 1 unspecified atom stereocenters. The summed E-state index contributed by atoms with van der Waals surface area (Å²) in [4.78, 5) is 28.5. The van der Waals surface area contributed by atoms with E-state index in [4.69, 9.17) is 0 Å². The van der Waals surface area contributed by atoms with Gasteiger partial charge in [0.15, 0.2) is 11.9 Å². The normalized spacial score (nSPS) is 19.4. The van der Waals surface area contributed by atoms with Crippen LogP contribution in [-0.4, -0.2) is 45.7 Å². The first-order valence-electron chi connectivity index (χ1n) is 10.7. The zero-order valence-electron chi connectivity index (χ0n) is 17.1. The Morgan fingerprint density at radius 1 is 1.13 bits per heavy atom. The van der Waals surface area contributed by atoms with Gasteiger partial charge in [0.05, 0.1) is 5.71 Å². The van der Waals surface area contributed by atoms with Gasteiger partial charge in [0.1, 0.15) is 5.69 Å². The fraction of sp³-hybridized carbons (Fsp3) is 0.280. The summed E-state index contributed by atoms with van der Waals surface area (Å²) in [6.45, 7) is 1.24. The molecule has 1 fully saturated rings. The number of benzene rings is 1. The van der Waals surface area contributed by atoms with Crippen molar-refractivity contribution in [3.05, 3.63) is 84.0 Å². The lowest BCUT2D eigenvalue weighted by atomic mass is 9.94. The highest BCUT2D eigenvalue weighted by atomic mass is 19.1. The highest BCUT2D eigenvalue weighted by molar-refractivity contribution is 6.11. The molecule has 1 aliphatic heterocycles. The van der Waals surface area contributed by atoms with Crippen molar-refractivity contribution in [3.63, 3.8) is 0 Å². The van der Waals surface area contributed by atoms with Crippen LogP contribution in [0.1, 0.15) is 29.8 Å². The van der Waals surface area contributed by atoms with E-state index in [-0.39, 0.29) is 5.91 Å². The van der Waals surface area contributed by atoms with Gasteiger partial charge in [-0.15, -0.1) is 0 Å². The first-order chi connectivity index (χ1) is 15.2. The van der Waals surface area contributed by atoms with Crippen molar-refractivity contribution in [3.8, 4) is 11.3 Å². The van der Waals surface area contributed by atoms with Crippen molar-refractivity contribution in [2.45, 2.75) is 25.4 Å². The van der Waals surface area contributed by atoms with Gasteiger partial charge in [-0.25, -0.2) is 9.37 Å². The third kappa shape index (κ3) is 4.10. The number of carbonyl (C=O) groups excluding carboxylic acids is 1. The lowest BCUT2D eigenvalue weighted by Crippen LogP contribution is -2.35. The molecule has 31 heavy (non-hydrogen) atoms. The number of allylic oxidation sites excluding steroid dienone is 4. The molecule has 1 amide bonds. The standard InChI is InChI=1S/C25H23FN4O/c26-21-8-4-7-20-19(15-29-23(20)21)11-14-30(16-17-9-10-17)25(31)24-22(27-12-13-28-24)18-5-2-1-3-6-18/h1-8,12-13,15,17,21H,9-11,14,16H2. The average Bonchev–Trinajstić information content (AvgIpc) is 3.54. The maximum Gasteiger partial charge on any atom is 0.274 e. The van der Waals surface area contributed by atoms with Gasteiger partial charge in [0, 0.05) is 42.8 Å². The second kappa shape index (κ2) is 8.38. The van der Waals surface area contributed by atoms with Gasteiger partial charge in [0.2, 0.25) is 0 Å². The van der Waals surface area contributed by atoms with Gasteiger partial charge in [0.25, 0.3) is 5.91 Å². The lowest BCUT2D eigenvalue weighted by Gasteiger charge is -2.24. The van der Waals surface area contributed by atoms with Crippen LogP contribution in [-0.2, 0) is 0 Å². The van der Waals surface area contributed by atoms with Crippen molar-refractivity contribution < 1.29 is 9.18 Å². The summed E-state index contributed by atoms with van der Waals surface area (Å²) in [6.07, 6.45) is 11.8. The summed E-state index contributed by atoms with van der Waals surface area (Å²) >= 11 is 0. The molecule has 156 valence electrons. The number of rotatable bonds is 7. The van der Waals surface area contributed by atoms with Gasteiger partial charge >= 0.3 is 0 Å². The van der Waals surface area contributed by atoms with Crippen molar-refractivity contribution in [1.29, 1.82) is 0 Å². The molecular formula is C25H23FN4O. The number of halogens is 1. The highest BCUT2D eigenvalue weighted by Crippen LogP contribution is 2.32. The second-order valence-corrected chi connectivity index (χ2v) is 8.10. The molecule has 1 aromatic carbocycles. The molecule has 2 aromatic rings. The number of hydrogen-bond donors (Lipinski definition) is 0. The number of fused-ring (bicyclic) bond motifs is 1. The maximum absolute atomic E-state index is 14.1. The third-order valence-corrected chi connectivity index (χ3v) is 5.85. The van der Waals surface area contributed by atoms with Gasteiger partial charge < -0.3 is 4.90 Å². The molecule has 5 rings (SSSR count). The molecule has 0 spiro atoms. The van der Waals surface area contributed by atoms with Gasteiger partial charge in [-0.1, -0.05) is 42.5 Å². The minimum absolute atomic E-state index is 0.112. The molecule has 1 atom stereocenters. The number of amides is 1. The summed E-state index contributed by atoms with van der Waals surface area (Å²) < 4.78 is 14.1. The Kier molecular flexibility index (Phi) is 5.28. The fourth-order valence-electron chi connectivity index (χ4n) is 4.00. The number of aromatic nitrogens is 2. The van der Waals surface area contributed by atoms with E-state index in [1.54, 1.807) is 24.7 Å². The zero-order chi connectivity index (χ0) is 21.2. The van der Waals surface area contributed by atoms with Crippen LogP contribution in [0.25, 0.3) is 11.3 Å².